The number of hydrogen-bond donors (Lipinski definition) is 1. The third-order valence-corrected chi connectivity index (χ3v) is 4.97. The van der Waals surface area contributed by atoms with E-state index in [4.69, 9.17) is 4.98 Å². The Morgan fingerprint density at radius 3 is 2.24 bits per heavy atom. The zero-order valence-corrected chi connectivity index (χ0v) is 14.8. The van der Waals surface area contributed by atoms with E-state index in [1.54, 1.807) is 11.3 Å². The lowest BCUT2D eigenvalue weighted by Crippen LogP contribution is -2.18. The summed E-state index contributed by atoms with van der Waals surface area (Å²) in [6.07, 6.45) is 1.00. The highest BCUT2D eigenvalue weighted by molar-refractivity contribution is 7.11. The summed E-state index contributed by atoms with van der Waals surface area (Å²) < 4.78 is 0. The zero-order valence-electron chi connectivity index (χ0n) is 13.9. The van der Waals surface area contributed by atoms with Crippen LogP contribution in [0.2, 0.25) is 0 Å². The van der Waals surface area contributed by atoms with Gasteiger partial charge in [0.2, 0.25) is 0 Å². The van der Waals surface area contributed by atoms with Gasteiger partial charge in [-0.3, -0.25) is 0 Å². The molecule has 2 aromatic rings. The van der Waals surface area contributed by atoms with Crippen LogP contribution in [0.4, 0.5) is 0 Å². The second kappa shape index (κ2) is 6.29. The molecule has 1 heterocycles. The molecule has 1 atom stereocenters. The number of thiazole rings is 1. The van der Waals surface area contributed by atoms with Crippen molar-refractivity contribution in [2.24, 2.45) is 0 Å². The van der Waals surface area contributed by atoms with Gasteiger partial charge in [0.15, 0.2) is 0 Å². The van der Waals surface area contributed by atoms with E-state index in [0.717, 1.165) is 11.4 Å². The molecule has 21 heavy (non-hydrogen) atoms. The number of rotatable bonds is 4. The molecule has 0 aliphatic rings. The van der Waals surface area contributed by atoms with E-state index in [-0.39, 0.29) is 11.5 Å². The highest BCUT2D eigenvalue weighted by Gasteiger charge is 2.19. The third kappa shape index (κ3) is 3.53. The maximum Gasteiger partial charge on any atom is 0.115 e. The van der Waals surface area contributed by atoms with E-state index in [2.05, 4.69) is 64.2 Å². The van der Waals surface area contributed by atoms with Crippen molar-refractivity contribution in [3.8, 4) is 0 Å². The Hall–Kier alpha value is -1.19. The van der Waals surface area contributed by atoms with Crippen molar-refractivity contribution in [1.29, 1.82) is 0 Å². The molecule has 0 bridgehead atoms. The van der Waals surface area contributed by atoms with E-state index >= 15 is 0 Å². The van der Waals surface area contributed by atoms with Gasteiger partial charge < -0.3 is 5.32 Å². The predicted molar refractivity (Wildman–Crippen MR) is 92.3 cm³/mol. The Labute approximate surface area is 132 Å². The monoisotopic (exact) mass is 302 g/mol. The van der Waals surface area contributed by atoms with Gasteiger partial charge in [0.05, 0.1) is 11.7 Å². The number of aryl methyl sites for hydroxylation is 2. The van der Waals surface area contributed by atoms with E-state index in [9.17, 15) is 0 Å². The summed E-state index contributed by atoms with van der Waals surface area (Å²) in [5.74, 6) is 0. The van der Waals surface area contributed by atoms with Crippen molar-refractivity contribution in [3.63, 3.8) is 0 Å². The molecule has 114 valence electrons. The van der Waals surface area contributed by atoms with Gasteiger partial charge in [-0.15, -0.1) is 11.3 Å². The molecule has 0 saturated carbocycles. The van der Waals surface area contributed by atoms with E-state index in [1.165, 1.54) is 21.7 Å². The number of aromatic nitrogens is 1. The minimum atomic E-state index is 0.183. The molecule has 1 aromatic carbocycles. The van der Waals surface area contributed by atoms with Crippen LogP contribution in [-0.2, 0) is 11.8 Å². The quantitative estimate of drug-likeness (QED) is 0.891. The molecule has 0 radical (unpaired) electrons. The Morgan fingerprint density at radius 2 is 1.81 bits per heavy atom. The Bertz CT molecular complexity index is 591. The highest BCUT2D eigenvalue weighted by atomic mass is 32.1. The van der Waals surface area contributed by atoms with Gasteiger partial charge >= 0.3 is 0 Å². The van der Waals surface area contributed by atoms with Crippen molar-refractivity contribution >= 4 is 11.3 Å². The lowest BCUT2D eigenvalue weighted by molar-refractivity contribution is 0.589. The van der Waals surface area contributed by atoms with Crippen LogP contribution < -0.4 is 5.32 Å². The van der Waals surface area contributed by atoms with E-state index in [0.29, 0.717) is 0 Å². The van der Waals surface area contributed by atoms with Gasteiger partial charge in [0, 0.05) is 4.88 Å². The van der Waals surface area contributed by atoms with Crippen molar-refractivity contribution in [3.05, 3.63) is 51.0 Å². The molecular weight excluding hydrogens is 276 g/mol. The molecule has 1 aromatic heterocycles. The molecular formula is C18H26N2S. The molecule has 0 fully saturated rings. The number of hydrogen-bond acceptors (Lipinski definition) is 3. The summed E-state index contributed by atoms with van der Waals surface area (Å²) in [6.45, 7) is 11.1. The van der Waals surface area contributed by atoms with Gasteiger partial charge in [0.25, 0.3) is 0 Å². The molecule has 0 aliphatic heterocycles. The molecule has 0 saturated heterocycles. The average Bonchev–Trinajstić information content (AvgIpc) is 2.80. The van der Waals surface area contributed by atoms with Crippen molar-refractivity contribution in [1.82, 2.24) is 10.3 Å². The van der Waals surface area contributed by atoms with Gasteiger partial charge in [-0.05, 0) is 36.9 Å². The summed E-state index contributed by atoms with van der Waals surface area (Å²) in [5, 5.41) is 4.57. The lowest BCUT2D eigenvalue weighted by Gasteiger charge is -2.20. The summed E-state index contributed by atoms with van der Waals surface area (Å²) in [6, 6.07) is 9.11. The molecule has 0 amide bonds. The smallest absolute Gasteiger partial charge is 0.115 e. The fourth-order valence-electron chi connectivity index (χ4n) is 2.51. The fraction of sp³-hybridized carbons (Fsp3) is 0.500. The van der Waals surface area contributed by atoms with Crippen LogP contribution in [0.5, 0.6) is 0 Å². The van der Waals surface area contributed by atoms with E-state index in [1.807, 2.05) is 7.05 Å². The van der Waals surface area contributed by atoms with Crippen LogP contribution in [0.1, 0.15) is 60.4 Å². The fourth-order valence-corrected chi connectivity index (χ4v) is 3.66. The van der Waals surface area contributed by atoms with Crippen LogP contribution in [0.15, 0.2) is 24.3 Å². The van der Waals surface area contributed by atoms with Crippen LogP contribution in [0.3, 0.4) is 0 Å². The summed E-state index contributed by atoms with van der Waals surface area (Å²) >= 11 is 1.80. The van der Waals surface area contributed by atoms with Crippen LogP contribution in [-0.4, -0.2) is 12.0 Å². The largest absolute Gasteiger partial charge is 0.307 e. The highest BCUT2D eigenvalue weighted by Crippen LogP contribution is 2.30. The van der Waals surface area contributed by atoms with E-state index < -0.39 is 0 Å². The maximum absolute atomic E-state index is 4.80. The van der Waals surface area contributed by atoms with Crippen molar-refractivity contribution < 1.29 is 0 Å². The Kier molecular flexibility index (Phi) is 4.84. The van der Waals surface area contributed by atoms with Crippen LogP contribution >= 0.6 is 11.3 Å². The average molecular weight is 302 g/mol. The molecule has 3 heteroatoms. The third-order valence-electron chi connectivity index (χ3n) is 3.89. The summed E-state index contributed by atoms with van der Waals surface area (Å²) in [7, 11) is 2.00. The number of nitrogens with one attached hydrogen (secondary N) is 1. The standard InChI is InChI=1S/C18H26N2S/c1-7-15-12(2)21-17(20-15)16(19-6)13-8-10-14(11-9-13)18(3,4)5/h8-11,16,19H,7H2,1-6H3. The normalized spacial score (nSPS) is 13.4. The van der Waals surface area contributed by atoms with Gasteiger partial charge in [-0.1, -0.05) is 52.0 Å². The SMILES string of the molecule is CCc1nc(C(NC)c2ccc(C(C)(C)C)cc2)sc1C. The molecule has 0 aliphatic carbocycles. The molecule has 1 unspecified atom stereocenters. The van der Waals surface area contributed by atoms with Crippen LogP contribution in [0, 0.1) is 6.92 Å². The predicted octanol–water partition coefficient (Wildman–Crippen LogP) is 4.62. The number of benzene rings is 1. The summed E-state index contributed by atoms with van der Waals surface area (Å²) in [5.41, 5.74) is 4.06. The molecule has 2 rings (SSSR count). The van der Waals surface area contributed by atoms with Gasteiger partial charge in [0.1, 0.15) is 5.01 Å². The minimum absolute atomic E-state index is 0.183. The first kappa shape index (κ1) is 16.2. The lowest BCUT2D eigenvalue weighted by atomic mass is 9.86. The Morgan fingerprint density at radius 1 is 1.19 bits per heavy atom. The second-order valence-corrected chi connectivity index (χ2v) is 7.74. The zero-order chi connectivity index (χ0) is 15.6. The van der Waals surface area contributed by atoms with Crippen molar-refractivity contribution in [2.45, 2.75) is 52.5 Å². The summed E-state index contributed by atoms with van der Waals surface area (Å²) in [4.78, 5) is 6.14. The molecule has 2 nitrogen and oxygen atoms in total. The number of nitrogens with zero attached hydrogens (tertiary/aromatic N) is 1. The molecule has 1 N–H and O–H groups in total. The van der Waals surface area contributed by atoms with Gasteiger partial charge in [-0.2, -0.15) is 0 Å². The topological polar surface area (TPSA) is 24.9 Å². The molecule has 0 spiro atoms. The first-order chi connectivity index (χ1) is 9.86. The maximum atomic E-state index is 4.80. The Balaban J connectivity index is 2.32. The first-order valence-corrected chi connectivity index (χ1v) is 8.42. The minimum Gasteiger partial charge on any atom is -0.307 e. The first-order valence-electron chi connectivity index (χ1n) is 7.60. The van der Waals surface area contributed by atoms with Gasteiger partial charge in [-0.25, -0.2) is 4.98 Å². The van der Waals surface area contributed by atoms with Crippen molar-refractivity contribution in [2.75, 3.05) is 7.05 Å². The second-order valence-electron chi connectivity index (χ2n) is 6.50. The van der Waals surface area contributed by atoms with Crippen LogP contribution in [0.25, 0.3) is 0 Å².